The van der Waals surface area contributed by atoms with Gasteiger partial charge < -0.3 is 14.6 Å². The lowest BCUT2D eigenvalue weighted by atomic mass is 10.3. The van der Waals surface area contributed by atoms with E-state index in [1.807, 2.05) is 36.9 Å². The van der Waals surface area contributed by atoms with Gasteiger partial charge in [0.2, 0.25) is 0 Å². The number of nitrogens with one attached hydrogen (secondary N) is 1. The Labute approximate surface area is 96.6 Å². The monoisotopic (exact) mass is 224 g/mol. The second-order valence-corrected chi connectivity index (χ2v) is 4.01. The Morgan fingerprint density at radius 1 is 1.56 bits per heavy atom. The summed E-state index contributed by atoms with van der Waals surface area (Å²) in [7, 11) is 0. The molecule has 0 radical (unpaired) electrons. The van der Waals surface area contributed by atoms with Crippen molar-refractivity contribution in [2.45, 2.75) is 40.0 Å². The van der Waals surface area contributed by atoms with Crippen molar-refractivity contribution >= 4 is 5.97 Å². The zero-order chi connectivity index (χ0) is 12.0. The molecule has 1 rings (SSSR count). The van der Waals surface area contributed by atoms with Gasteiger partial charge >= 0.3 is 5.97 Å². The molecular formula is C12H20N2O2. The lowest BCUT2D eigenvalue weighted by molar-refractivity contribution is -0.148. The molecule has 0 saturated carbocycles. The van der Waals surface area contributed by atoms with E-state index in [2.05, 4.69) is 12.2 Å². The molecule has 16 heavy (non-hydrogen) atoms. The predicted molar refractivity (Wildman–Crippen MR) is 63.0 cm³/mol. The molecule has 90 valence electrons. The zero-order valence-electron chi connectivity index (χ0n) is 10.2. The first-order valence-corrected chi connectivity index (χ1v) is 5.66. The molecule has 0 fully saturated rings. The SMILES string of the molecule is CCNCc1ccn(CC(=O)OC(C)C)c1. The highest BCUT2D eigenvalue weighted by molar-refractivity contribution is 5.69. The molecule has 1 aromatic heterocycles. The molecule has 0 aliphatic rings. The molecule has 4 heteroatoms. The van der Waals surface area contributed by atoms with Crippen molar-refractivity contribution in [3.63, 3.8) is 0 Å². The molecule has 0 aliphatic carbocycles. The molecule has 0 unspecified atom stereocenters. The Hall–Kier alpha value is -1.29. The van der Waals surface area contributed by atoms with Crippen molar-refractivity contribution < 1.29 is 9.53 Å². The summed E-state index contributed by atoms with van der Waals surface area (Å²) in [6, 6.07) is 2.01. The molecule has 4 nitrogen and oxygen atoms in total. The lowest BCUT2D eigenvalue weighted by Gasteiger charge is -2.08. The van der Waals surface area contributed by atoms with Crippen LogP contribution in [0, 0.1) is 0 Å². The maximum atomic E-state index is 11.4. The number of hydrogen-bond acceptors (Lipinski definition) is 3. The van der Waals surface area contributed by atoms with Crippen LogP contribution in [0.5, 0.6) is 0 Å². The standard InChI is InChI=1S/C12H20N2O2/c1-4-13-7-11-5-6-14(8-11)9-12(15)16-10(2)3/h5-6,8,10,13H,4,7,9H2,1-3H3. The third kappa shape index (κ3) is 4.49. The van der Waals surface area contributed by atoms with E-state index in [4.69, 9.17) is 4.74 Å². The first-order valence-electron chi connectivity index (χ1n) is 5.66. The Balaban J connectivity index is 2.42. The fourth-order valence-corrected chi connectivity index (χ4v) is 1.41. The summed E-state index contributed by atoms with van der Waals surface area (Å²) in [6.07, 6.45) is 3.81. The van der Waals surface area contributed by atoms with E-state index in [9.17, 15) is 4.79 Å². The highest BCUT2D eigenvalue weighted by Gasteiger charge is 2.06. The predicted octanol–water partition coefficient (Wildman–Crippen LogP) is 1.55. The second-order valence-electron chi connectivity index (χ2n) is 4.01. The highest BCUT2D eigenvalue weighted by Crippen LogP contribution is 2.02. The van der Waals surface area contributed by atoms with Crippen LogP contribution in [0.2, 0.25) is 0 Å². The van der Waals surface area contributed by atoms with Gasteiger partial charge in [-0.1, -0.05) is 6.92 Å². The van der Waals surface area contributed by atoms with Crippen molar-refractivity contribution in [1.82, 2.24) is 9.88 Å². The Kier molecular flexibility index (Phi) is 5.05. The average molecular weight is 224 g/mol. The Bertz CT molecular complexity index is 332. The lowest BCUT2D eigenvalue weighted by Crippen LogP contribution is -2.16. The minimum atomic E-state index is -0.194. The fourth-order valence-electron chi connectivity index (χ4n) is 1.41. The Morgan fingerprint density at radius 3 is 2.94 bits per heavy atom. The van der Waals surface area contributed by atoms with Gasteiger partial charge in [-0.25, -0.2) is 0 Å². The van der Waals surface area contributed by atoms with Crippen LogP contribution in [-0.2, 0) is 22.6 Å². The largest absolute Gasteiger partial charge is 0.462 e. The average Bonchev–Trinajstić information content (AvgIpc) is 2.61. The topological polar surface area (TPSA) is 43.3 Å². The summed E-state index contributed by atoms with van der Waals surface area (Å²) in [5.74, 6) is -0.194. The smallest absolute Gasteiger partial charge is 0.326 e. The molecule has 0 bridgehead atoms. The number of ether oxygens (including phenoxy) is 1. The van der Waals surface area contributed by atoms with Crippen LogP contribution >= 0.6 is 0 Å². The summed E-state index contributed by atoms with van der Waals surface area (Å²) in [4.78, 5) is 11.4. The van der Waals surface area contributed by atoms with Gasteiger partial charge in [0.25, 0.3) is 0 Å². The van der Waals surface area contributed by atoms with Crippen molar-refractivity contribution in [2.24, 2.45) is 0 Å². The van der Waals surface area contributed by atoms with E-state index in [0.29, 0.717) is 0 Å². The van der Waals surface area contributed by atoms with Gasteiger partial charge in [-0.15, -0.1) is 0 Å². The number of carbonyl (C=O) groups is 1. The van der Waals surface area contributed by atoms with Crippen molar-refractivity contribution in [1.29, 1.82) is 0 Å². The van der Waals surface area contributed by atoms with Crippen molar-refractivity contribution in [3.05, 3.63) is 24.0 Å². The van der Waals surface area contributed by atoms with Gasteiger partial charge in [0.05, 0.1) is 6.10 Å². The fraction of sp³-hybridized carbons (Fsp3) is 0.583. The maximum absolute atomic E-state index is 11.4. The third-order valence-electron chi connectivity index (χ3n) is 2.07. The quantitative estimate of drug-likeness (QED) is 0.745. The van der Waals surface area contributed by atoms with E-state index in [1.165, 1.54) is 5.56 Å². The van der Waals surface area contributed by atoms with Crippen molar-refractivity contribution in [3.8, 4) is 0 Å². The van der Waals surface area contributed by atoms with Gasteiger partial charge in [-0.2, -0.15) is 0 Å². The van der Waals surface area contributed by atoms with Gasteiger partial charge in [0, 0.05) is 18.9 Å². The van der Waals surface area contributed by atoms with Gasteiger partial charge in [-0.05, 0) is 32.0 Å². The molecule has 1 heterocycles. The van der Waals surface area contributed by atoms with Crippen LogP contribution in [0.25, 0.3) is 0 Å². The number of hydrogen-bond donors (Lipinski definition) is 1. The van der Waals surface area contributed by atoms with Gasteiger partial charge in [-0.3, -0.25) is 4.79 Å². The molecule has 1 N–H and O–H groups in total. The molecular weight excluding hydrogens is 204 g/mol. The number of nitrogens with zero attached hydrogens (tertiary/aromatic N) is 1. The van der Waals surface area contributed by atoms with Crippen LogP contribution < -0.4 is 5.32 Å². The number of aromatic nitrogens is 1. The molecule has 1 aromatic rings. The van der Waals surface area contributed by atoms with E-state index in [-0.39, 0.29) is 18.6 Å². The van der Waals surface area contributed by atoms with Gasteiger partial charge in [0.1, 0.15) is 6.54 Å². The zero-order valence-corrected chi connectivity index (χ0v) is 10.2. The maximum Gasteiger partial charge on any atom is 0.326 e. The first kappa shape index (κ1) is 12.8. The molecule has 0 atom stereocenters. The number of rotatable bonds is 6. The van der Waals surface area contributed by atoms with Crippen LogP contribution in [0.15, 0.2) is 18.5 Å². The van der Waals surface area contributed by atoms with E-state index >= 15 is 0 Å². The summed E-state index contributed by atoms with van der Waals surface area (Å²) in [5.41, 5.74) is 1.18. The number of carbonyl (C=O) groups excluding carboxylic acids is 1. The van der Waals surface area contributed by atoms with Crippen LogP contribution in [-0.4, -0.2) is 23.2 Å². The second kappa shape index (κ2) is 6.33. The van der Waals surface area contributed by atoms with E-state index < -0.39 is 0 Å². The van der Waals surface area contributed by atoms with Gasteiger partial charge in [0.15, 0.2) is 0 Å². The molecule has 0 aromatic carbocycles. The molecule has 0 amide bonds. The highest BCUT2D eigenvalue weighted by atomic mass is 16.5. The van der Waals surface area contributed by atoms with E-state index in [1.54, 1.807) is 0 Å². The summed E-state index contributed by atoms with van der Waals surface area (Å²) < 4.78 is 6.91. The van der Waals surface area contributed by atoms with Crippen LogP contribution in [0.4, 0.5) is 0 Å². The van der Waals surface area contributed by atoms with Crippen LogP contribution in [0.1, 0.15) is 26.3 Å². The van der Waals surface area contributed by atoms with Crippen LogP contribution in [0.3, 0.4) is 0 Å². The summed E-state index contributed by atoms with van der Waals surface area (Å²) in [5, 5.41) is 3.23. The first-order chi connectivity index (χ1) is 7.61. The minimum absolute atomic E-state index is 0.0516. The molecule has 0 spiro atoms. The summed E-state index contributed by atoms with van der Waals surface area (Å²) in [6.45, 7) is 7.83. The molecule has 0 aliphatic heterocycles. The third-order valence-corrected chi connectivity index (χ3v) is 2.07. The van der Waals surface area contributed by atoms with Crippen molar-refractivity contribution in [2.75, 3.05) is 6.54 Å². The Morgan fingerprint density at radius 2 is 2.31 bits per heavy atom. The number of esters is 1. The van der Waals surface area contributed by atoms with E-state index in [0.717, 1.165) is 13.1 Å². The minimum Gasteiger partial charge on any atom is -0.462 e. The molecule has 0 saturated heterocycles. The normalized spacial score (nSPS) is 10.8. The summed E-state index contributed by atoms with van der Waals surface area (Å²) >= 11 is 0.